The maximum absolute atomic E-state index is 11.4. The minimum absolute atomic E-state index is 0.175. The van der Waals surface area contributed by atoms with Crippen LogP contribution >= 0.6 is 0 Å². The summed E-state index contributed by atoms with van der Waals surface area (Å²) in [4.78, 5) is 32.6. The van der Waals surface area contributed by atoms with Crippen molar-refractivity contribution in [2.24, 2.45) is 0 Å². The van der Waals surface area contributed by atoms with Gasteiger partial charge in [-0.05, 0) is 38.9 Å². The minimum Gasteiger partial charge on any atom is -0.520 e. The number of carboxylic acid groups (broad SMARTS) is 1. The van der Waals surface area contributed by atoms with Gasteiger partial charge in [0.05, 0.1) is 6.61 Å². The quantitative estimate of drug-likeness (QED) is 0.304. The van der Waals surface area contributed by atoms with Crippen LogP contribution in [0.25, 0.3) is 0 Å². The topological polar surface area (TPSA) is 89.9 Å². The Morgan fingerprint density at radius 2 is 1.70 bits per heavy atom. The third-order valence-corrected chi connectivity index (χ3v) is 2.89. The fraction of sp³-hybridized carbons (Fsp3) is 0.615. The van der Waals surface area contributed by atoms with Crippen LogP contribution in [-0.2, 0) is 23.5 Å². The Bertz CT molecular complexity index is 370. The van der Waals surface area contributed by atoms with E-state index in [4.69, 9.17) is 14.3 Å². The van der Waals surface area contributed by atoms with Gasteiger partial charge >= 0.3 is 11.9 Å². The highest BCUT2D eigenvalue weighted by atomic mass is 28.4. The van der Waals surface area contributed by atoms with Gasteiger partial charge in [0, 0.05) is 18.6 Å². The number of carboxylic acids is 1. The van der Waals surface area contributed by atoms with Gasteiger partial charge in [0.2, 0.25) is 8.32 Å². The fourth-order valence-electron chi connectivity index (χ4n) is 1.30. The van der Waals surface area contributed by atoms with Crippen LogP contribution in [0.4, 0.5) is 0 Å². The van der Waals surface area contributed by atoms with Crippen molar-refractivity contribution < 1.29 is 28.7 Å². The van der Waals surface area contributed by atoms with Crippen molar-refractivity contribution >= 4 is 26.2 Å². The van der Waals surface area contributed by atoms with E-state index in [1.807, 2.05) is 19.6 Å². The maximum atomic E-state index is 11.4. The lowest BCUT2D eigenvalue weighted by Crippen LogP contribution is -2.28. The molecule has 0 saturated heterocycles. The molecule has 0 bridgehead atoms. The summed E-state index contributed by atoms with van der Waals surface area (Å²) in [5, 5.41) is 8.30. The second-order valence-electron chi connectivity index (χ2n) is 5.24. The summed E-state index contributed by atoms with van der Waals surface area (Å²) in [6, 6.07) is 0. The summed E-state index contributed by atoms with van der Waals surface area (Å²) in [5.74, 6) is -2.04. The molecule has 0 aromatic heterocycles. The van der Waals surface area contributed by atoms with Crippen LogP contribution in [0, 0.1) is 0 Å². The van der Waals surface area contributed by atoms with Crippen LogP contribution in [0.15, 0.2) is 12.2 Å². The molecular weight excluding hydrogens is 280 g/mol. The van der Waals surface area contributed by atoms with E-state index in [0.717, 1.165) is 18.6 Å². The van der Waals surface area contributed by atoms with Gasteiger partial charge < -0.3 is 14.3 Å². The monoisotopic (exact) mass is 302 g/mol. The van der Waals surface area contributed by atoms with Crippen molar-refractivity contribution in [3.8, 4) is 0 Å². The molecule has 0 atom stereocenters. The van der Waals surface area contributed by atoms with Crippen LogP contribution in [0.2, 0.25) is 19.6 Å². The van der Waals surface area contributed by atoms with Gasteiger partial charge in [-0.1, -0.05) is 0 Å². The van der Waals surface area contributed by atoms with Gasteiger partial charge in [0.15, 0.2) is 0 Å². The van der Waals surface area contributed by atoms with Crippen molar-refractivity contribution in [3.05, 3.63) is 12.2 Å². The minimum atomic E-state index is -1.80. The van der Waals surface area contributed by atoms with E-state index in [-0.39, 0.29) is 12.6 Å². The second-order valence-corrected chi connectivity index (χ2v) is 9.67. The van der Waals surface area contributed by atoms with Crippen LogP contribution in [0.5, 0.6) is 0 Å². The van der Waals surface area contributed by atoms with Crippen LogP contribution < -0.4 is 0 Å². The van der Waals surface area contributed by atoms with Crippen LogP contribution in [0.1, 0.15) is 25.7 Å². The van der Waals surface area contributed by atoms with Crippen LogP contribution in [0.3, 0.4) is 0 Å². The Morgan fingerprint density at radius 1 is 1.05 bits per heavy atom. The molecule has 0 amide bonds. The second kappa shape index (κ2) is 9.30. The molecule has 0 heterocycles. The molecule has 6 nitrogen and oxygen atoms in total. The molecule has 0 radical (unpaired) electrons. The summed E-state index contributed by atoms with van der Waals surface area (Å²) >= 11 is 0. The first kappa shape index (κ1) is 18.4. The molecule has 0 saturated carbocycles. The molecule has 0 unspecified atom stereocenters. The number of unbranched alkanes of at least 4 members (excludes halogenated alkanes) is 2. The predicted octanol–water partition coefficient (Wildman–Crippen LogP) is 2.11. The first-order valence-corrected chi connectivity index (χ1v) is 9.91. The number of hydrogen-bond donors (Lipinski definition) is 1. The zero-order valence-corrected chi connectivity index (χ0v) is 13.2. The van der Waals surface area contributed by atoms with Crippen molar-refractivity contribution in [2.45, 2.75) is 45.3 Å². The van der Waals surface area contributed by atoms with E-state index < -0.39 is 20.3 Å². The largest absolute Gasteiger partial charge is 0.520 e. The number of rotatable bonds is 9. The normalized spacial score (nSPS) is 11.3. The zero-order chi connectivity index (χ0) is 15.6. The molecule has 0 fully saturated rings. The van der Waals surface area contributed by atoms with Gasteiger partial charge in [-0.25, -0.2) is 9.59 Å². The molecule has 0 aliphatic heterocycles. The first-order valence-electron chi connectivity index (χ1n) is 6.50. The molecule has 0 aromatic carbocycles. The molecule has 7 heteroatoms. The van der Waals surface area contributed by atoms with Gasteiger partial charge in [-0.2, -0.15) is 0 Å². The first-order chi connectivity index (χ1) is 9.20. The molecule has 114 valence electrons. The lowest BCUT2D eigenvalue weighted by molar-refractivity contribution is -0.139. The summed E-state index contributed by atoms with van der Waals surface area (Å²) in [5.41, 5.74) is 0. The van der Waals surface area contributed by atoms with E-state index >= 15 is 0 Å². The Labute approximate surface area is 119 Å². The Balaban J connectivity index is 3.56. The number of carbonyl (C=O) groups excluding carboxylic acids is 2. The average Bonchev–Trinajstić information content (AvgIpc) is 2.28. The Hall–Kier alpha value is -1.63. The fourth-order valence-corrected chi connectivity index (χ4v) is 2.09. The standard InChI is InChI=1S/C13H22O6Si/c1-20(2,3)19-13(17)7-5-4-6-10-18-12(16)9-8-11(14)15/h8-9H,4-7,10H2,1-3H3,(H,14,15)/b9-8+. The van der Waals surface area contributed by atoms with Gasteiger partial charge in [-0.15, -0.1) is 0 Å². The highest BCUT2D eigenvalue weighted by Gasteiger charge is 2.19. The Morgan fingerprint density at radius 3 is 2.25 bits per heavy atom. The molecule has 0 aliphatic rings. The molecule has 0 aromatic rings. The number of aliphatic carboxylic acids is 1. The average molecular weight is 302 g/mol. The van der Waals surface area contributed by atoms with E-state index in [2.05, 4.69) is 0 Å². The zero-order valence-electron chi connectivity index (χ0n) is 12.2. The third-order valence-electron chi connectivity index (χ3n) is 2.05. The molecule has 20 heavy (non-hydrogen) atoms. The van der Waals surface area contributed by atoms with Crippen LogP contribution in [-0.4, -0.2) is 37.9 Å². The van der Waals surface area contributed by atoms with E-state index in [1.165, 1.54) is 0 Å². The van der Waals surface area contributed by atoms with Crippen molar-refractivity contribution in [3.63, 3.8) is 0 Å². The number of hydrogen-bond acceptors (Lipinski definition) is 5. The predicted molar refractivity (Wildman–Crippen MR) is 75.6 cm³/mol. The highest BCUT2D eigenvalue weighted by molar-refractivity contribution is 6.71. The van der Waals surface area contributed by atoms with E-state index in [0.29, 0.717) is 19.3 Å². The maximum Gasteiger partial charge on any atom is 0.331 e. The molecule has 1 N–H and O–H groups in total. The summed E-state index contributed by atoms with van der Waals surface area (Å²) in [6.45, 7) is 6.07. The van der Waals surface area contributed by atoms with Crippen molar-refractivity contribution in [1.82, 2.24) is 0 Å². The summed E-state index contributed by atoms with van der Waals surface area (Å²) in [6.07, 6.45) is 4.04. The van der Waals surface area contributed by atoms with E-state index in [9.17, 15) is 14.4 Å². The number of ether oxygens (including phenoxy) is 1. The molecule has 0 aliphatic carbocycles. The number of carbonyl (C=O) groups is 3. The summed E-state index contributed by atoms with van der Waals surface area (Å²) < 4.78 is 10.1. The van der Waals surface area contributed by atoms with Gasteiger partial charge in [0.25, 0.3) is 5.97 Å². The molecular formula is C13H22O6Si. The lowest BCUT2D eigenvalue weighted by Gasteiger charge is -2.17. The van der Waals surface area contributed by atoms with Crippen molar-refractivity contribution in [2.75, 3.05) is 6.61 Å². The van der Waals surface area contributed by atoms with Gasteiger partial charge in [0.1, 0.15) is 0 Å². The van der Waals surface area contributed by atoms with E-state index in [1.54, 1.807) is 0 Å². The highest BCUT2D eigenvalue weighted by Crippen LogP contribution is 2.08. The number of esters is 1. The molecule has 0 spiro atoms. The Kier molecular flexibility index (Phi) is 8.54. The van der Waals surface area contributed by atoms with Gasteiger partial charge in [-0.3, -0.25) is 4.79 Å². The molecule has 0 rings (SSSR count). The SMILES string of the molecule is C[Si](C)(C)OC(=O)CCCCCOC(=O)/C=C/C(=O)O. The lowest BCUT2D eigenvalue weighted by atomic mass is 10.2. The smallest absolute Gasteiger partial charge is 0.331 e. The third kappa shape index (κ3) is 12.8. The summed E-state index contributed by atoms with van der Waals surface area (Å²) in [7, 11) is -1.80. The van der Waals surface area contributed by atoms with Crippen molar-refractivity contribution in [1.29, 1.82) is 0 Å².